The maximum Gasteiger partial charge on any atom is 0.257 e. The number of alkyl halides is 1. The summed E-state index contributed by atoms with van der Waals surface area (Å²) in [7, 11) is 0. The number of amides is 1. The molecule has 1 aromatic carbocycles. The molecule has 4 bridgehead atoms. The number of pyridine rings is 2. The minimum atomic E-state index is -1.33. The van der Waals surface area contributed by atoms with Crippen molar-refractivity contribution in [1.82, 2.24) is 14.9 Å². The first-order chi connectivity index (χ1) is 19.2. The number of nitrogens with one attached hydrogen (secondary N) is 1. The van der Waals surface area contributed by atoms with E-state index < -0.39 is 35.2 Å². The van der Waals surface area contributed by atoms with Crippen LogP contribution in [0, 0.1) is 29.4 Å². The van der Waals surface area contributed by atoms with Crippen molar-refractivity contribution in [1.29, 1.82) is 0 Å². The van der Waals surface area contributed by atoms with Crippen LogP contribution in [0.5, 0.6) is 0 Å². The summed E-state index contributed by atoms with van der Waals surface area (Å²) in [5.41, 5.74) is -0.976. The summed E-state index contributed by atoms with van der Waals surface area (Å²) in [4.78, 5) is 33.7. The van der Waals surface area contributed by atoms with E-state index in [9.17, 15) is 23.5 Å². The van der Waals surface area contributed by atoms with Crippen molar-refractivity contribution < 1.29 is 23.1 Å². The van der Waals surface area contributed by atoms with Crippen LogP contribution >= 0.6 is 0 Å². The van der Waals surface area contributed by atoms with E-state index in [1.807, 2.05) is 0 Å². The number of carbonyl (C=O) groups excluding carboxylic acids is 1. The number of anilines is 1. The molecule has 2 N–H and O–H groups in total. The third-order valence-electron chi connectivity index (χ3n) is 9.49. The fourth-order valence-corrected chi connectivity index (χ4v) is 8.07. The number of hydrogen-bond donors (Lipinski definition) is 2. The van der Waals surface area contributed by atoms with Gasteiger partial charge < -0.3 is 15.3 Å². The molecule has 40 heavy (non-hydrogen) atoms. The number of aromatic nitrogens is 2. The molecular weight excluding hydrogens is 521 g/mol. The molecule has 210 valence electrons. The Morgan fingerprint density at radius 3 is 2.40 bits per heavy atom. The van der Waals surface area contributed by atoms with E-state index in [4.69, 9.17) is 0 Å². The van der Waals surface area contributed by atoms with E-state index in [1.165, 1.54) is 42.2 Å². The number of aliphatic hydroxyl groups is 1. The molecule has 2 aromatic heterocycles. The quantitative estimate of drug-likeness (QED) is 0.505. The molecule has 3 aromatic rings. The van der Waals surface area contributed by atoms with Crippen LogP contribution in [0.15, 0.2) is 41.3 Å². The van der Waals surface area contributed by atoms with Crippen molar-refractivity contribution in [3.05, 3.63) is 63.9 Å². The highest BCUT2D eigenvalue weighted by molar-refractivity contribution is 5.97. The molecule has 1 saturated heterocycles. The smallest absolute Gasteiger partial charge is 0.257 e. The zero-order valence-electron chi connectivity index (χ0n) is 22.0. The molecule has 5 fully saturated rings. The van der Waals surface area contributed by atoms with Crippen LogP contribution in [0.1, 0.15) is 55.3 Å². The van der Waals surface area contributed by atoms with Crippen LogP contribution in [-0.4, -0.2) is 51.5 Å². The van der Waals surface area contributed by atoms with Gasteiger partial charge in [-0.1, -0.05) is 0 Å². The SMILES string of the molecule is O=C(NC12CC3CC(CC(C3)C1)C2)c1cn(-c2ccc(F)cc2F)c2nc(N3CC[C@@H](F)[C@H](O)C3)ccc2c1=O. The standard InChI is InChI=1S/C30H31F3N4O3/c31-19-1-3-24(23(33)10-19)37-14-21(29(40)35-30-11-16-7-17(12-30)9-18(8-16)13-30)27(39)20-2-4-26(34-28(20)37)36-6-5-22(32)25(38)15-36/h1-4,10,14,16-18,22,25,38H,5-9,11-13,15H2,(H,35,40)/t16?,17?,18?,22-,25-,30?/m1/s1. The van der Waals surface area contributed by atoms with E-state index in [2.05, 4.69) is 10.3 Å². The molecule has 4 saturated carbocycles. The van der Waals surface area contributed by atoms with Gasteiger partial charge in [0.05, 0.1) is 11.1 Å². The van der Waals surface area contributed by atoms with Gasteiger partial charge in [0.15, 0.2) is 5.65 Å². The lowest BCUT2D eigenvalue weighted by Crippen LogP contribution is -2.60. The number of piperidine rings is 1. The molecule has 3 heterocycles. The lowest BCUT2D eigenvalue weighted by molar-refractivity contribution is -0.0167. The summed E-state index contributed by atoms with van der Waals surface area (Å²) in [5.74, 6) is 0.0220. The van der Waals surface area contributed by atoms with Crippen LogP contribution in [-0.2, 0) is 0 Å². The van der Waals surface area contributed by atoms with E-state index in [0.717, 1.165) is 31.4 Å². The van der Waals surface area contributed by atoms with E-state index in [1.54, 1.807) is 11.0 Å². The normalized spacial score (nSPS) is 31.1. The maximum atomic E-state index is 15.1. The van der Waals surface area contributed by atoms with Crippen LogP contribution in [0.3, 0.4) is 0 Å². The van der Waals surface area contributed by atoms with Crippen LogP contribution < -0.4 is 15.6 Å². The number of fused-ring (bicyclic) bond motifs is 1. The first-order valence-electron chi connectivity index (χ1n) is 14.1. The molecule has 8 rings (SSSR count). The van der Waals surface area contributed by atoms with Crippen molar-refractivity contribution in [3.63, 3.8) is 0 Å². The number of aliphatic hydroxyl groups excluding tert-OH is 1. The van der Waals surface area contributed by atoms with Crippen molar-refractivity contribution in [2.24, 2.45) is 17.8 Å². The predicted molar refractivity (Wildman–Crippen MR) is 143 cm³/mol. The Hall–Kier alpha value is -3.40. The highest BCUT2D eigenvalue weighted by Gasteiger charge is 2.51. The molecule has 0 radical (unpaired) electrons. The molecule has 5 aliphatic rings. The average Bonchev–Trinajstić information content (AvgIpc) is 2.89. The number of halogens is 3. The Bertz CT molecular complexity index is 1540. The molecule has 7 nitrogen and oxygen atoms in total. The van der Waals surface area contributed by atoms with E-state index in [0.29, 0.717) is 30.1 Å². The highest BCUT2D eigenvalue weighted by Crippen LogP contribution is 2.55. The lowest BCUT2D eigenvalue weighted by Gasteiger charge is -2.56. The van der Waals surface area contributed by atoms with Crippen molar-refractivity contribution in [2.75, 3.05) is 18.0 Å². The van der Waals surface area contributed by atoms with E-state index in [-0.39, 0.29) is 40.8 Å². The second kappa shape index (κ2) is 9.33. The van der Waals surface area contributed by atoms with Crippen molar-refractivity contribution >= 4 is 22.8 Å². The van der Waals surface area contributed by atoms with Gasteiger partial charge in [-0.15, -0.1) is 0 Å². The second-order valence-corrected chi connectivity index (χ2v) is 12.3. The summed E-state index contributed by atoms with van der Waals surface area (Å²) in [5, 5.41) is 13.4. The molecular formula is C30H31F3N4O3. The summed E-state index contributed by atoms with van der Waals surface area (Å²) < 4.78 is 44.1. The van der Waals surface area contributed by atoms with Crippen molar-refractivity contribution in [3.8, 4) is 5.69 Å². The predicted octanol–water partition coefficient (Wildman–Crippen LogP) is 4.27. The van der Waals surface area contributed by atoms with Gasteiger partial charge in [0, 0.05) is 30.9 Å². The van der Waals surface area contributed by atoms with Crippen LogP contribution in [0.4, 0.5) is 19.0 Å². The minimum absolute atomic E-state index is 0.0143. The summed E-state index contributed by atoms with van der Waals surface area (Å²) in [6, 6.07) is 6.18. The zero-order valence-corrected chi connectivity index (χ0v) is 22.0. The van der Waals surface area contributed by atoms with Gasteiger partial charge in [-0.2, -0.15) is 0 Å². The van der Waals surface area contributed by atoms with Gasteiger partial charge in [0.25, 0.3) is 5.91 Å². The minimum Gasteiger partial charge on any atom is -0.388 e. The van der Waals surface area contributed by atoms with Gasteiger partial charge in [0.2, 0.25) is 5.43 Å². The van der Waals surface area contributed by atoms with Gasteiger partial charge in [-0.3, -0.25) is 14.2 Å². The fourth-order valence-electron chi connectivity index (χ4n) is 8.07. The van der Waals surface area contributed by atoms with Gasteiger partial charge in [-0.05, 0) is 87.0 Å². The highest BCUT2D eigenvalue weighted by atomic mass is 19.1. The number of rotatable bonds is 4. The maximum absolute atomic E-state index is 15.1. The Labute approximate surface area is 229 Å². The van der Waals surface area contributed by atoms with Gasteiger partial charge >= 0.3 is 0 Å². The molecule has 10 heteroatoms. The fraction of sp³-hybridized carbons (Fsp3) is 0.500. The third-order valence-corrected chi connectivity index (χ3v) is 9.49. The molecule has 4 aliphatic carbocycles. The Morgan fingerprint density at radius 1 is 1.05 bits per heavy atom. The largest absolute Gasteiger partial charge is 0.388 e. The molecule has 0 spiro atoms. The monoisotopic (exact) mass is 552 g/mol. The van der Waals surface area contributed by atoms with Gasteiger partial charge in [0.1, 0.15) is 35.3 Å². The second-order valence-electron chi connectivity index (χ2n) is 12.3. The Morgan fingerprint density at radius 2 is 1.75 bits per heavy atom. The summed E-state index contributed by atoms with van der Waals surface area (Å²) >= 11 is 0. The zero-order chi connectivity index (χ0) is 27.8. The first-order valence-corrected chi connectivity index (χ1v) is 14.1. The van der Waals surface area contributed by atoms with Gasteiger partial charge in [-0.25, -0.2) is 18.2 Å². The number of nitrogens with zero attached hydrogens (tertiary/aromatic N) is 3. The van der Waals surface area contributed by atoms with Crippen LogP contribution in [0.2, 0.25) is 0 Å². The number of hydrogen-bond acceptors (Lipinski definition) is 5. The lowest BCUT2D eigenvalue weighted by atomic mass is 9.53. The number of benzene rings is 1. The Kier molecular flexibility index (Phi) is 5.96. The Balaban J connectivity index is 1.32. The van der Waals surface area contributed by atoms with Crippen molar-refractivity contribution in [2.45, 2.75) is 62.8 Å². The molecule has 1 aliphatic heterocycles. The first kappa shape index (κ1) is 25.6. The number of carbonyl (C=O) groups is 1. The summed E-state index contributed by atoms with van der Waals surface area (Å²) in [6.45, 7) is 0.317. The third kappa shape index (κ3) is 4.27. The van der Waals surface area contributed by atoms with E-state index >= 15 is 4.39 Å². The molecule has 2 atom stereocenters. The topological polar surface area (TPSA) is 87.5 Å². The summed E-state index contributed by atoms with van der Waals surface area (Å²) in [6.07, 6.45) is 5.22. The van der Waals surface area contributed by atoms with Crippen LogP contribution in [0.25, 0.3) is 16.7 Å². The molecule has 0 unspecified atom stereocenters. The molecule has 1 amide bonds. The number of β-amino-alcohol motifs (C(OH)–C–C–N with tert-alkyl or cyclic N) is 1. The average molecular weight is 553 g/mol.